The number of halogens is 1. The lowest BCUT2D eigenvalue weighted by Gasteiger charge is -2.38. The van der Waals surface area contributed by atoms with Crippen LogP contribution in [-0.4, -0.2) is 38.1 Å². The van der Waals surface area contributed by atoms with Crippen molar-refractivity contribution in [3.05, 3.63) is 58.9 Å². The van der Waals surface area contributed by atoms with Crippen LogP contribution in [0.3, 0.4) is 0 Å². The van der Waals surface area contributed by atoms with Gasteiger partial charge < -0.3 is 14.8 Å². The molecule has 29 heavy (non-hydrogen) atoms. The second kappa shape index (κ2) is 8.41. The summed E-state index contributed by atoms with van der Waals surface area (Å²) >= 11 is 0. The second-order valence-electron chi connectivity index (χ2n) is 7.79. The minimum absolute atomic E-state index is 0.00970. The molecule has 0 unspecified atom stereocenters. The Morgan fingerprint density at radius 1 is 1.17 bits per heavy atom. The van der Waals surface area contributed by atoms with Gasteiger partial charge in [0.1, 0.15) is 5.82 Å². The fourth-order valence-corrected chi connectivity index (χ4v) is 4.07. The predicted octanol–water partition coefficient (Wildman–Crippen LogP) is 3.47. The number of nitrogens with zero attached hydrogens (tertiary/aromatic N) is 1. The van der Waals surface area contributed by atoms with Crippen LogP contribution in [0.2, 0.25) is 0 Å². The van der Waals surface area contributed by atoms with E-state index in [1.807, 2.05) is 18.2 Å². The Morgan fingerprint density at radius 2 is 1.93 bits per heavy atom. The number of hydrogen-bond donors (Lipinski definition) is 1. The SMILES string of the molecule is COc1cc2c(cc1OC)[C@@H](CNC(=O)C1CC1)N(Cc1cccc(F)c1)CC2. The van der Waals surface area contributed by atoms with E-state index in [0.29, 0.717) is 24.6 Å². The lowest BCUT2D eigenvalue weighted by Crippen LogP contribution is -2.42. The Balaban J connectivity index is 1.63. The van der Waals surface area contributed by atoms with Crippen molar-refractivity contribution in [3.63, 3.8) is 0 Å². The first-order chi connectivity index (χ1) is 14.1. The summed E-state index contributed by atoms with van der Waals surface area (Å²) in [5.74, 6) is 1.45. The Morgan fingerprint density at radius 3 is 2.62 bits per heavy atom. The molecule has 4 rings (SSSR count). The molecule has 0 bridgehead atoms. The number of benzene rings is 2. The zero-order valence-electron chi connectivity index (χ0n) is 16.9. The van der Waals surface area contributed by atoms with Crippen molar-refractivity contribution < 1.29 is 18.7 Å². The van der Waals surface area contributed by atoms with Crippen LogP contribution >= 0.6 is 0 Å². The molecule has 0 radical (unpaired) electrons. The molecule has 1 fully saturated rings. The predicted molar refractivity (Wildman–Crippen MR) is 109 cm³/mol. The summed E-state index contributed by atoms with van der Waals surface area (Å²) in [5, 5.41) is 3.12. The van der Waals surface area contributed by atoms with Crippen molar-refractivity contribution in [2.45, 2.75) is 31.8 Å². The monoisotopic (exact) mass is 398 g/mol. The molecule has 0 saturated heterocycles. The number of carbonyl (C=O) groups is 1. The minimum atomic E-state index is -0.232. The van der Waals surface area contributed by atoms with Gasteiger partial charge in [-0.05, 0) is 60.2 Å². The maximum absolute atomic E-state index is 13.7. The van der Waals surface area contributed by atoms with Gasteiger partial charge in [0, 0.05) is 25.6 Å². The van der Waals surface area contributed by atoms with Gasteiger partial charge >= 0.3 is 0 Å². The molecule has 2 aliphatic rings. The summed E-state index contributed by atoms with van der Waals surface area (Å²) in [5.41, 5.74) is 3.25. The molecule has 6 heteroatoms. The summed E-state index contributed by atoms with van der Waals surface area (Å²) < 4.78 is 24.7. The first kappa shape index (κ1) is 19.7. The number of ether oxygens (including phenoxy) is 2. The third kappa shape index (κ3) is 4.37. The Hall–Kier alpha value is -2.60. The third-order valence-electron chi connectivity index (χ3n) is 5.81. The van der Waals surface area contributed by atoms with Crippen LogP contribution < -0.4 is 14.8 Å². The van der Waals surface area contributed by atoms with Crippen LogP contribution in [0.15, 0.2) is 36.4 Å². The van der Waals surface area contributed by atoms with Crippen molar-refractivity contribution in [3.8, 4) is 11.5 Å². The molecule has 1 heterocycles. The van der Waals surface area contributed by atoms with E-state index in [-0.39, 0.29) is 23.7 Å². The van der Waals surface area contributed by atoms with Crippen LogP contribution in [-0.2, 0) is 17.8 Å². The van der Waals surface area contributed by atoms with E-state index in [1.54, 1.807) is 26.4 Å². The van der Waals surface area contributed by atoms with E-state index in [9.17, 15) is 9.18 Å². The van der Waals surface area contributed by atoms with E-state index >= 15 is 0 Å². The maximum Gasteiger partial charge on any atom is 0.223 e. The van der Waals surface area contributed by atoms with Gasteiger partial charge in [0.2, 0.25) is 5.91 Å². The molecule has 1 N–H and O–H groups in total. The summed E-state index contributed by atoms with van der Waals surface area (Å²) in [4.78, 5) is 14.6. The summed E-state index contributed by atoms with van der Waals surface area (Å²) in [6, 6.07) is 10.7. The van der Waals surface area contributed by atoms with Crippen LogP contribution in [0.25, 0.3) is 0 Å². The van der Waals surface area contributed by atoms with E-state index in [4.69, 9.17) is 9.47 Å². The highest BCUT2D eigenvalue weighted by atomic mass is 19.1. The lowest BCUT2D eigenvalue weighted by molar-refractivity contribution is -0.122. The van der Waals surface area contributed by atoms with Crippen molar-refractivity contribution in [1.29, 1.82) is 0 Å². The number of methoxy groups -OCH3 is 2. The molecule has 1 saturated carbocycles. The van der Waals surface area contributed by atoms with Crippen LogP contribution in [0.1, 0.15) is 35.6 Å². The smallest absolute Gasteiger partial charge is 0.223 e. The van der Waals surface area contributed by atoms with Gasteiger partial charge in [-0.15, -0.1) is 0 Å². The first-order valence-corrected chi connectivity index (χ1v) is 10.1. The quantitative estimate of drug-likeness (QED) is 0.776. The summed E-state index contributed by atoms with van der Waals surface area (Å²) in [7, 11) is 3.26. The highest BCUT2D eigenvalue weighted by molar-refractivity contribution is 5.80. The molecule has 154 valence electrons. The van der Waals surface area contributed by atoms with Gasteiger partial charge in [0.25, 0.3) is 0 Å². The summed E-state index contributed by atoms with van der Waals surface area (Å²) in [6.07, 6.45) is 2.81. The standard InChI is InChI=1S/C23H27FN2O3/c1-28-21-11-17-8-9-26(14-15-4-3-5-18(24)10-15)20(19(17)12-22(21)29-2)13-25-23(27)16-6-7-16/h3-5,10-12,16,20H,6-9,13-14H2,1-2H3,(H,25,27)/t20-/m1/s1. The normalized spacial score (nSPS) is 18.8. The van der Waals surface area contributed by atoms with Crippen LogP contribution in [0, 0.1) is 11.7 Å². The number of fused-ring (bicyclic) bond motifs is 1. The largest absolute Gasteiger partial charge is 0.493 e. The van der Waals surface area contributed by atoms with Gasteiger partial charge in [0.05, 0.1) is 20.3 Å². The van der Waals surface area contributed by atoms with Gasteiger partial charge in [-0.2, -0.15) is 0 Å². The first-order valence-electron chi connectivity index (χ1n) is 10.1. The van der Waals surface area contributed by atoms with Crippen molar-refractivity contribution in [2.75, 3.05) is 27.3 Å². The lowest BCUT2D eigenvalue weighted by atomic mass is 9.91. The number of carbonyl (C=O) groups excluding carboxylic acids is 1. The number of rotatable bonds is 7. The Labute approximate surface area is 170 Å². The highest BCUT2D eigenvalue weighted by Crippen LogP contribution is 2.38. The van der Waals surface area contributed by atoms with Crippen molar-refractivity contribution in [2.24, 2.45) is 5.92 Å². The zero-order valence-corrected chi connectivity index (χ0v) is 16.9. The molecule has 2 aromatic rings. The molecule has 2 aromatic carbocycles. The maximum atomic E-state index is 13.7. The molecule has 1 aliphatic carbocycles. The van der Waals surface area contributed by atoms with Crippen LogP contribution in [0.5, 0.6) is 11.5 Å². The highest BCUT2D eigenvalue weighted by Gasteiger charge is 2.33. The van der Waals surface area contributed by atoms with E-state index in [0.717, 1.165) is 36.9 Å². The molecule has 5 nitrogen and oxygen atoms in total. The molecule has 1 amide bonds. The van der Waals surface area contributed by atoms with Gasteiger partial charge in [-0.25, -0.2) is 4.39 Å². The average molecular weight is 398 g/mol. The number of nitrogens with one attached hydrogen (secondary N) is 1. The zero-order chi connectivity index (χ0) is 20.4. The van der Waals surface area contributed by atoms with Gasteiger partial charge in [-0.3, -0.25) is 9.69 Å². The Kier molecular flexibility index (Phi) is 5.72. The minimum Gasteiger partial charge on any atom is -0.493 e. The molecular formula is C23H27FN2O3. The molecule has 1 aliphatic heterocycles. The molecular weight excluding hydrogens is 371 g/mol. The molecule has 0 aromatic heterocycles. The fraction of sp³-hybridized carbons (Fsp3) is 0.435. The number of hydrogen-bond acceptors (Lipinski definition) is 4. The van der Waals surface area contributed by atoms with Gasteiger partial charge in [-0.1, -0.05) is 12.1 Å². The van der Waals surface area contributed by atoms with Crippen molar-refractivity contribution >= 4 is 5.91 Å². The fourth-order valence-electron chi connectivity index (χ4n) is 4.07. The molecule has 0 spiro atoms. The Bertz CT molecular complexity index is 898. The number of amides is 1. The topological polar surface area (TPSA) is 50.8 Å². The van der Waals surface area contributed by atoms with Crippen LogP contribution in [0.4, 0.5) is 4.39 Å². The average Bonchev–Trinajstić information content (AvgIpc) is 3.57. The third-order valence-corrected chi connectivity index (χ3v) is 5.81. The van der Waals surface area contributed by atoms with Crippen molar-refractivity contribution in [1.82, 2.24) is 10.2 Å². The van der Waals surface area contributed by atoms with Gasteiger partial charge in [0.15, 0.2) is 11.5 Å². The van der Waals surface area contributed by atoms with E-state index in [2.05, 4.69) is 10.2 Å². The summed E-state index contributed by atoms with van der Waals surface area (Å²) in [6.45, 7) is 1.96. The van der Waals surface area contributed by atoms with E-state index < -0.39 is 0 Å². The molecule has 1 atom stereocenters. The second-order valence-corrected chi connectivity index (χ2v) is 7.79. The van der Waals surface area contributed by atoms with E-state index in [1.165, 1.54) is 11.6 Å².